The van der Waals surface area contributed by atoms with Crippen LogP contribution in [0.2, 0.25) is 5.02 Å². The lowest BCUT2D eigenvalue weighted by atomic mass is 9.81. The number of halogens is 1. The summed E-state index contributed by atoms with van der Waals surface area (Å²) in [6.07, 6.45) is 1.24. The molecule has 2 rings (SSSR count). The second-order valence-corrected chi connectivity index (χ2v) is 7.52. The van der Waals surface area contributed by atoms with Gasteiger partial charge in [-0.2, -0.15) is 0 Å². The van der Waals surface area contributed by atoms with Crippen LogP contribution in [0.5, 0.6) is 0 Å². The molecule has 6 heteroatoms. The van der Waals surface area contributed by atoms with Crippen LogP contribution in [-0.2, 0) is 10.2 Å². The van der Waals surface area contributed by atoms with E-state index in [0.717, 1.165) is 16.5 Å². The third-order valence-electron chi connectivity index (χ3n) is 3.80. The van der Waals surface area contributed by atoms with Crippen molar-refractivity contribution >= 4 is 28.6 Å². The Kier molecular flexibility index (Phi) is 5.35. The lowest BCUT2D eigenvalue weighted by Gasteiger charge is -2.31. The molecule has 1 unspecified atom stereocenters. The van der Waals surface area contributed by atoms with E-state index in [1.807, 2.05) is 52.0 Å². The molecule has 1 amide bonds. The monoisotopic (exact) mass is 349 g/mol. The number of rotatable bonds is 4. The molecule has 0 bridgehead atoms. The zero-order chi connectivity index (χ0) is 18.0. The first kappa shape index (κ1) is 18.5. The first-order valence-electron chi connectivity index (χ1n) is 7.87. The van der Waals surface area contributed by atoms with E-state index >= 15 is 0 Å². The lowest BCUT2D eigenvalue weighted by Crippen LogP contribution is -2.45. The summed E-state index contributed by atoms with van der Waals surface area (Å²) in [5.74, 6) is 0. The van der Waals surface area contributed by atoms with E-state index in [9.17, 15) is 4.79 Å². The minimum absolute atomic E-state index is 0.299. The van der Waals surface area contributed by atoms with Gasteiger partial charge in [0.2, 0.25) is 0 Å². The van der Waals surface area contributed by atoms with Crippen molar-refractivity contribution in [3.63, 3.8) is 0 Å². The molecule has 0 spiro atoms. The van der Waals surface area contributed by atoms with E-state index < -0.39 is 17.1 Å². The third kappa shape index (κ3) is 4.16. The van der Waals surface area contributed by atoms with Gasteiger partial charge in [-0.25, -0.2) is 4.79 Å². The highest BCUT2D eigenvalue weighted by Gasteiger charge is 2.31. The smallest absolute Gasteiger partial charge is 0.407 e. The van der Waals surface area contributed by atoms with Crippen molar-refractivity contribution in [3.8, 4) is 0 Å². The van der Waals surface area contributed by atoms with Gasteiger partial charge >= 0.3 is 6.09 Å². The summed E-state index contributed by atoms with van der Waals surface area (Å²) in [4.78, 5) is 16.4. The van der Waals surface area contributed by atoms with Gasteiger partial charge in [0, 0.05) is 40.7 Å². The predicted molar refractivity (Wildman–Crippen MR) is 97.4 cm³/mol. The molecule has 24 heavy (non-hydrogen) atoms. The molecule has 1 aromatic carbocycles. The molecule has 0 aliphatic heterocycles. The Bertz CT molecular complexity index is 743. The van der Waals surface area contributed by atoms with Crippen LogP contribution in [-0.4, -0.2) is 29.8 Å². The van der Waals surface area contributed by atoms with Crippen LogP contribution in [0.4, 0.5) is 4.79 Å². The molecule has 0 radical (unpaired) electrons. The summed E-state index contributed by atoms with van der Waals surface area (Å²) in [6.45, 7) is 8.02. The molecule has 0 aliphatic carbocycles. The third-order valence-corrected chi connectivity index (χ3v) is 4.11. The number of aromatic nitrogens is 1. The Hall–Kier alpha value is -1.85. The molecular weight excluding hydrogens is 326 g/mol. The SMILES string of the molecule is CC(C)(C)OC(=O)NCC(C)(CN)c1c(Cl)ccc2cccnc12. The molecule has 3 N–H and O–H groups in total. The number of hydrogen-bond acceptors (Lipinski definition) is 4. The van der Waals surface area contributed by atoms with Gasteiger partial charge in [0.05, 0.1) is 5.52 Å². The van der Waals surface area contributed by atoms with E-state index in [1.165, 1.54) is 0 Å². The van der Waals surface area contributed by atoms with E-state index in [0.29, 0.717) is 18.1 Å². The molecule has 1 heterocycles. The number of fused-ring (bicyclic) bond motifs is 1. The maximum Gasteiger partial charge on any atom is 0.407 e. The number of hydrogen-bond donors (Lipinski definition) is 2. The van der Waals surface area contributed by atoms with Crippen LogP contribution >= 0.6 is 11.6 Å². The number of alkyl carbamates (subject to hydrolysis) is 1. The van der Waals surface area contributed by atoms with E-state index in [-0.39, 0.29) is 0 Å². The van der Waals surface area contributed by atoms with Crippen molar-refractivity contribution in [2.24, 2.45) is 5.73 Å². The molecule has 130 valence electrons. The first-order chi connectivity index (χ1) is 11.2. The van der Waals surface area contributed by atoms with Crippen molar-refractivity contribution in [1.82, 2.24) is 10.3 Å². The Labute approximate surface area is 147 Å². The highest BCUT2D eigenvalue weighted by Crippen LogP contribution is 2.34. The minimum atomic E-state index is -0.568. The summed E-state index contributed by atoms with van der Waals surface area (Å²) in [5, 5.41) is 4.36. The quantitative estimate of drug-likeness (QED) is 0.883. The fraction of sp³-hybridized carbons (Fsp3) is 0.444. The maximum atomic E-state index is 12.0. The zero-order valence-corrected chi connectivity index (χ0v) is 15.3. The Morgan fingerprint density at radius 1 is 1.29 bits per heavy atom. The predicted octanol–water partition coefficient (Wildman–Crippen LogP) is 3.63. The molecule has 5 nitrogen and oxygen atoms in total. The lowest BCUT2D eigenvalue weighted by molar-refractivity contribution is 0.0516. The van der Waals surface area contributed by atoms with E-state index in [4.69, 9.17) is 22.1 Å². The molecule has 1 atom stereocenters. The average Bonchev–Trinajstić information content (AvgIpc) is 2.51. The normalized spacial score (nSPS) is 14.2. The van der Waals surface area contributed by atoms with Gasteiger partial charge in [-0.3, -0.25) is 4.98 Å². The van der Waals surface area contributed by atoms with Crippen molar-refractivity contribution in [1.29, 1.82) is 0 Å². The van der Waals surface area contributed by atoms with Crippen LogP contribution in [0.15, 0.2) is 30.5 Å². The molecular formula is C18H24ClN3O2. The fourth-order valence-electron chi connectivity index (χ4n) is 2.54. The Balaban J connectivity index is 2.33. The number of nitrogens with zero attached hydrogens (tertiary/aromatic N) is 1. The molecule has 0 saturated heterocycles. The van der Waals surface area contributed by atoms with E-state index in [1.54, 1.807) is 6.20 Å². The van der Waals surface area contributed by atoms with E-state index in [2.05, 4.69) is 10.3 Å². The number of carbonyl (C=O) groups excluding carboxylic acids is 1. The summed E-state index contributed by atoms with van der Waals surface area (Å²) in [6, 6.07) is 7.60. The number of nitrogens with two attached hydrogens (primary N) is 1. The Morgan fingerprint density at radius 2 is 2.00 bits per heavy atom. The van der Waals surface area contributed by atoms with Crippen LogP contribution < -0.4 is 11.1 Å². The maximum absolute atomic E-state index is 12.0. The zero-order valence-electron chi connectivity index (χ0n) is 14.5. The highest BCUT2D eigenvalue weighted by molar-refractivity contribution is 6.32. The second-order valence-electron chi connectivity index (χ2n) is 7.12. The second kappa shape index (κ2) is 6.95. The topological polar surface area (TPSA) is 77.2 Å². The van der Waals surface area contributed by atoms with Crippen LogP contribution in [0.1, 0.15) is 33.3 Å². The fourth-order valence-corrected chi connectivity index (χ4v) is 2.92. The van der Waals surface area contributed by atoms with Gasteiger partial charge in [-0.15, -0.1) is 0 Å². The van der Waals surface area contributed by atoms with Crippen molar-refractivity contribution in [2.75, 3.05) is 13.1 Å². The number of benzene rings is 1. The van der Waals surface area contributed by atoms with Crippen LogP contribution in [0.25, 0.3) is 10.9 Å². The van der Waals surface area contributed by atoms with Crippen molar-refractivity contribution in [2.45, 2.75) is 38.7 Å². The number of carbonyl (C=O) groups is 1. The van der Waals surface area contributed by atoms with Gasteiger partial charge in [0.25, 0.3) is 0 Å². The standard InChI is InChI=1S/C18H24ClN3O2/c1-17(2,3)24-16(23)22-11-18(4,10-20)14-13(19)8-7-12-6-5-9-21-15(12)14/h5-9H,10-11,20H2,1-4H3,(H,22,23). The van der Waals surface area contributed by atoms with Gasteiger partial charge in [0.1, 0.15) is 5.60 Å². The Morgan fingerprint density at radius 3 is 2.62 bits per heavy atom. The molecule has 1 aromatic heterocycles. The molecule has 0 saturated carbocycles. The molecule has 0 fully saturated rings. The van der Waals surface area contributed by atoms with Gasteiger partial charge in [0.15, 0.2) is 0 Å². The van der Waals surface area contributed by atoms with Crippen molar-refractivity contribution < 1.29 is 9.53 Å². The van der Waals surface area contributed by atoms with Crippen molar-refractivity contribution in [3.05, 3.63) is 41.0 Å². The number of nitrogens with one attached hydrogen (secondary N) is 1. The molecule has 2 aromatic rings. The summed E-state index contributed by atoms with van der Waals surface area (Å²) < 4.78 is 5.29. The summed E-state index contributed by atoms with van der Waals surface area (Å²) in [7, 11) is 0. The largest absolute Gasteiger partial charge is 0.444 e. The molecule has 0 aliphatic rings. The van der Waals surface area contributed by atoms with Gasteiger partial charge in [-0.1, -0.05) is 30.7 Å². The summed E-state index contributed by atoms with van der Waals surface area (Å²) in [5.41, 5.74) is 6.54. The summed E-state index contributed by atoms with van der Waals surface area (Å²) >= 11 is 6.45. The minimum Gasteiger partial charge on any atom is -0.444 e. The number of amides is 1. The number of pyridine rings is 1. The highest BCUT2D eigenvalue weighted by atomic mass is 35.5. The number of ether oxygens (including phenoxy) is 1. The van der Waals surface area contributed by atoms with Gasteiger partial charge in [-0.05, 0) is 32.9 Å². The van der Waals surface area contributed by atoms with Crippen LogP contribution in [0, 0.1) is 0 Å². The van der Waals surface area contributed by atoms with Gasteiger partial charge < -0.3 is 15.8 Å². The first-order valence-corrected chi connectivity index (χ1v) is 8.25. The average molecular weight is 350 g/mol. The van der Waals surface area contributed by atoms with Crippen LogP contribution in [0.3, 0.4) is 0 Å².